The summed E-state index contributed by atoms with van der Waals surface area (Å²) in [6, 6.07) is 19.3. The molecule has 5 aromatic rings. The van der Waals surface area contributed by atoms with Gasteiger partial charge in [-0.3, -0.25) is 9.78 Å². The smallest absolute Gasteiger partial charge is 0.261 e. The van der Waals surface area contributed by atoms with Crippen LogP contribution in [0.15, 0.2) is 79.0 Å². The van der Waals surface area contributed by atoms with Crippen molar-refractivity contribution in [1.29, 1.82) is 0 Å². The second-order valence-corrected chi connectivity index (χ2v) is 7.91. The van der Waals surface area contributed by atoms with E-state index in [2.05, 4.69) is 10.3 Å². The molecule has 4 aromatic carbocycles. The van der Waals surface area contributed by atoms with E-state index >= 15 is 0 Å². The van der Waals surface area contributed by atoms with E-state index < -0.39 is 23.1 Å². The zero-order chi connectivity index (χ0) is 25.2. The molecule has 180 valence electrons. The van der Waals surface area contributed by atoms with Gasteiger partial charge in [-0.1, -0.05) is 18.2 Å². The molecule has 1 heterocycles. The first-order valence-corrected chi connectivity index (χ1v) is 10.9. The van der Waals surface area contributed by atoms with E-state index in [0.717, 1.165) is 28.3 Å². The fourth-order valence-corrected chi connectivity index (χ4v) is 3.94. The van der Waals surface area contributed by atoms with Crippen LogP contribution in [-0.4, -0.2) is 25.1 Å². The molecule has 0 aliphatic rings. The molecule has 0 unspecified atom stereocenters. The number of nitrogens with zero attached hydrogens (tertiary/aromatic N) is 1. The van der Waals surface area contributed by atoms with Crippen molar-refractivity contribution in [3.05, 3.63) is 96.2 Å². The maximum atomic E-state index is 13.9. The van der Waals surface area contributed by atoms with Crippen molar-refractivity contribution in [1.82, 2.24) is 4.98 Å². The van der Waals surface area contributed by atoms with E-state index in [4.69, 9.17) is 14.2 Å². The van der Waals surface area contributed by atoms with E-state index in [1.54, 1.807) is 56.8 Å². The highest BCUT2D eigenvalue weighted by atomic mass is 19.1. The number of amides is 1. The van der Waals surface area contributed by atoms with Crippen molar-refractivity contribution < 1.29 is 27.8 Å². The van der Waals surface area contributed by atoms with Gasteiger partial charge in [0.05, 0.1) is 19.7 Å². The molecular formula is C28H20F2N2O4. The van der Waals surface area contributed by atoms with Gasteiger partial charge in [-0.05, 0) is 59.3 Å². The van der Waals surface area contributed by atoms with Gasteiger partial charge in [0.1, 0.15) is 28.7 Å². The van der Waals surface area contributed by atoms with E-state index in [9.17, 15) is 13.6 Å². The molecule has 5 rings (SSSR count). The topological polar surface area (TPSA) is 69.7 Å². The zero-order valence-corrected chi connectivity index (χ0v) is 19.3. The summed E-state index contributed by atoms with van der Waals surface area (Å²) in [5.41, 5.74) is 0.475. The van der Waals surface area contributed by atoms with Gasteiger partial charge in [-0.25, -0.2) is 8.78 Å². The highest BCUT2D eigenvalue weighted by molar-refractivity contribution is 6.05. The fraction of sp³-hybridized carbons (Fsp3) is 0.0714. The van der Waals surface area contributed by atoms with Crippen LogP contribution in [0.5, 0.6) is 23.0 Å². The van der Waals surface area contributed by atoms with E-state index in [1.807, 2.05) is 18.2 Å². The molecule has 1 aromatic heterocycles. The van der Waals surface area contributed by atoms with Crippen molar-refractivity contribution in [2.75, 3.05) is 19.5 Å². The van der Waals surface area contributed by atoms with Crippen molar-refractivity contribution in [3.8, 4) is 23.0 Å². The summed E-state index contributed by atoms with van der Waals surface area (Å²) in [5, 5.41) is 4.96. The number of carbonyl (C=O) groups is 1. The molecule has 0 saturated heterocycles. The lowest BCUT2D eigenvalue weighted by atomic mass is 10.1. The number of carbonyl (C=O) groups excluding carboxylic acids is 1. The third-order valence-corrected chi connectivity index (χ3v) is 5.69. The van der Waals surface area contributed by atoms with E-state index in [1.165, 1.54) is 6.07 Å². The summed E-state index contributed by atoms with van der Waals surface area (Å²) >= 11 is 0. The van der Waals surface area contributed by atoms with Gasteiger partial charge in [0.2, 0.25) is 0 Å². The Labute approximate surface area is 205 Å². The van der Waals surface area contributed by atoms with Crippen LogP contribution >= 0.6 is 0 Å². The van der Waals surface area contributed by atoms with Crippen LogP contribution in [0.25, 0.3) is 21.7 Å². The molecule has 0 aliphatic heterocycles. The lowest BCUT2D eigenvalue weighted by Crippen LogP contribution is -2.15. The molecule has 0 aliphatic carbocycles. The first-order valence-electron chi connectivity index (χ1n) is 10.9. The number of anilines is 1. The van der Waals surface area contributed by atoms with Gasteiger partial charge in [0, 0.05) is 23.3 Å². The Morgan fingerprint density at radius 2 is 1.50 bits per heavy atom. The molecule has 0 fully saturated rings. The number of fused-ring (bicyclic) bond motifs is 2. The first-order chi connectivity index (χ1) is 17.5. The van der Waals surface area contributed by atoms with Crippen LogP contribution in [0.3, 0.4) is 0 Å². The summed E-state index contributed by atoms with van der Waals surface area (Å²) in [6.45, 7) is 0. The van der Waals surface area contributed by atoms with Crippen LogP contribution in [-0.2, 0) is 0 Å². The first kappa shape index (κ1) is 23.0. The van der Waals surface area contributed by atoms with Crippen LogP contribution in [0.2, 0.25) is 0 Å². The van der Waals surface area contributed by atoms with Crippen LogP contribution in [0.4, 0.5) is 14.5 Å². The Hall–Kier alpha value is -4.72. The summed E-state index contributed by atoms with van der Waals surface area (Å²) < 4.78 is 44.8. The maximum absolute atomic E-state index is 13.9. The summed E-state index contributed by atoms with van der Waals surface area (Å²) in [7, 11) is 3.13. The number of nitrogens with one attached hydrogen (secondary N) is 1. The van der Waals surface area contributed by atoms with Crippen LogP contribution in [0.1, 0.15) is 10.4 Å². The van der Waals surface area contributed by atoms with E-state index in [0.29, 0.717) is 34.2 Å². The monoisotopic (exact) mass is 486 g/mol. The SMILES string of the molecule is COc1cc2nccc(Oc3ccc4cc(NC(=O)c5c(F)cccc5F)ccc4c3)c2cc1OC. The Morgan fingerprint density at radius 1 is 0.806 bits per heavy atom. The molecule has 1 amide bonds. The minimum Gasteiger partial charge on any atom is -0.493 e. The maximum Gasteiger partial charge on any atom is 0.261 e. The molecule has 36 heavy (non-hydrogen) atoms. The minimum atomic E-state index is -0.922. The molecule has 0 radical (unpaired) electrons. The Bertz CT molecular complexity index is 1600. The normalized spacial score (nSPS) is 10.9. The number of pyridine rings is 1. The van der Waals surface area contributed by atoms with Crippen molar-refractivity contribution in [2.24, 2.45) is 0 Å². The highest BCUT2D eigenvalue weighted by Gasteiger charge is 2.17. The third-order valence-electron chi connectivity index (χ3n) is 5.69. The molecule has 0 bridgehead atoms. The van der Waals surface area contributed by atoms with Crippen molar-refractivity contribution >= 4 is 33.3 Å². The molecule has 8 heteroatoms. The number of halogens is 2. The third kappa shape index (κ3) is 4.36. The standard InChI is InChI=1S/C28H20F2N2O4/c1-34-25-14-20-23(15-26(25)35-2)31-11-10-24(20)36-19-9-7-16-12-18(8-6-17(16)13-19)32-28(33)27-21(29)4-3-5-22(27)30/h3-15H,1-2H3,(H,32,33). The Balaban J connectivity index is 1.41. The van der Waals surface area contributed by atoms with Crippen LogP contribution < -0.4 is 19.5 Å². The number of benzene rings is 4. The number of ether oxygens (including phenoxy) is 3. The molecule has 0 atom stereocenters. The molecule has 1 N–H and O–H groups in total. The quantitative estimate of drug-likeness (QED) is 0.288. The second-order valence-electron chi connectivity index (χ2n) is 7.91. The van der Waals surface area contributed by atoms with Gasteiger partial charge < -0.3 is 19.5 Å². The highest BCUT2D eigenvalue weighted by Crippen LogP contribution is 2.37. The number of hydrogen-bond donors (Lipinski definition) is 1. The second kappa shape index (κ2) is 9.50. The summed E-state index contributed by atoms with van der Waals surface area (Å²) in [6.07, 6.45) is 1.65. The molecule has 6 nitrogen and oxygen atoms in total. The summed E-state index contributed by atoms with van der Waals surface area (Å²) in [4.78, 5) is 16.8. The summed E-state index contributed by atoms with van der Waals surface area (Å²) in [5.74, 6) is -0.385. The molecular weight excluding hydrogens is 466 g/mol. The zero-order valence-electron chi connectivity index (χ0n) is 19.3. The average molecular weight is 486 g/mol. The lowest BCUT2D eigenvalue weighted by Gasteiger charge is -2.13. The number of hydrogen-bond acceptors (Lipinski definition) is 5. The largest absolute Gasteiger partial charge is 0.493 e. The van der Waals surface area contributed by atoms with Crippen molar-refractivity contribution in [3.63, 3.8) is 0 Å². The van der Waals surface area contributed by atoms with Gasteiger partial charge in [-0.15, -0.1) is 0 Å². The predicted octanol–water partition coefficient (Wildman–Crippen LogP) is 6.73. The average Bonchev–Trinajstić information content (AvgIpc) is 2.88. The lowest BCUT2D eigenvalue weighted by molar-refractivity contribution is 0.101. The molecule has 0 spiro atoms. The fourth-order valence-electron chi connectivity index (χ4n) is 3.94. The molecule has 0 saturated carbocycles. The Morgan fingerprint density at radius 3 is 2.25 bits per heavy atom. The predicted molar refractivity (Wildman–Crippen MR) is 133 cm³/mol. The van der Waals surface area contributed by atoms with Crippen LogP contribution in [0, 0.1) is 11.6 Å². The van der Waals surface area contributed by atoms with E-state index in [-0.39, 0.29) is 0 Å². The number of rotatable bonds is 6. The minimum absolute atomic E-state index is 0.407. The van der Waals surface area contributed by atoms with Gasteiger partial charge in [-0.2, -0.15) is 0 Å². The van der Waals surface area contributed by atoms with Gasteiger partial charge in [0.25, 0.3) is 5.91 Å². The Kier molecular flexibility index (Phi) is 6.08. The number of methoxy groups -OCH3 is 2. The number of aromatic nitrogens is 1. The van der Waals surface area contributed by atoms with Crippen molar-refractivity contribution in [2.45, 2.75) is 0 Å². The van der Waals surface area contributed by atoms with Gasteiger partial charge in [0.15, 0.2) is 11.5 Å². The van der Waals surface area contributed by atoms with Gasteiger partial charge >= 0.3 is 0 Å².